The van der Waals surface area contributed by atoms with Gasteiger partial charge in [-0.3, -0.25) is 14.4 Å². The van der Waals surface area contributed by atoms with Crippen molar-refractivity contribution >= 4 is 44.8 Å². The lowest BCUT2D eigenvalue weighted by Crippen LogP contribution is -2.58. The number of carbonyl (C=O) groups excluding carboxylic acids is 3. The lowest BCUT2D eigenvalue weighted by Gasteiger charge is -2.33. The molecule has 2 heterocycles. The Balaban J connectivity index is 1.69. The molecule has 9 nitrogen and oxygen atoms in total. The summed E-state index contributed by atoms with van der Waals surface area (Å²) in [6.07, 6.45) is 0.405. The van der Waals surface area contributed by atoms with Crippen LogP contribution in [0.25, 0.3) is 0 Å². The molecule has 3 rings (SSSR count). The third kappa shape index (κ3) is 5.90. The van der Waals surface area contributed by atoms with Gasteiger partial charge in [0.2, 0.25) is 27.7 Å². The molecule has 3 N–H and O–H groups in total. The molecule has 166 valence electrons. The van der Waals surface area contributed by atoms with Crippen LogP contribution in [0, 0.1) is 0 Å². The molecular weight excluding hydrogens is 440 g/mol. The quantitative estimate of drug-likeness (QED) is 0.536. The number of anilines is 1. The Morgan fingerprint density at radius 2 is 1.97 bits per heavy atom. The Kier molecular flexibility index (Phi) is 7.42. The topological polar surface area (TPSA) is 125 Å². The number of thiophene rings is 1. The van der Waals surface area contributed by atoms with E-state index in [9.17, 15) is 22.8 Å². The van der Waals surface area contributed by atoms with Gasteiger partial charge in [-0.25, -0.2) is 8.42 Å². The molecule has 1 aromatic carbocycles. The van der Waals surface area contributed by atoms with E-state index in [0.29, 0.717) is 18.7 Å². The zero-order chi connectivity index (χ0) is 22.4. The number of carbonyl (C=O) groups is 3. The number of hydrogen-bond donors (Lipinski definition) is 3. The van der Waals surface area contributed by atoms with Crippen molar-refractivity contribution < 1.29 is 22.8 Å². The molecule has 2 aromatic rings. The van der Waals surface area contributed by atoms with Crippen LogP contribution in [0.1, 0.15) is 18.2 Å². The molecule has 0 spiro atoms. The third-order valence-corrected chi connectivity index (χ3v) is 7.57. The average Bonchev–Trinajstić information content (AvgIpc) is 3.23. The van der Waals surface area contributed by atoms with Crippen LogP contribution < -0.4 is 16.0 Å². The molecule has 3 amide bonds. The normalized spacial score (nSPS) is 17.1. The van der Waals surface area contributed by atoms with Crippen LogP contribution in [0.2, 0.25) is 0 Å². The highest BCUT2D eigenvalue weighted by atomic mass is 32.2. The van der Waals surface area contributed by atoms with Gasteiger partial charge in [0.05, 0.1) is 11.3 Å². The van der Waals surface area contributed by atoms with Crippen LogP contribution in [0.3, 0.4) is 0 Å². The number of benzene rings is 1. The number of piperazine rings is 1. The van der Waals surface area contributed by atoms with Crippen molar-refractivity contribution in [1.29, 1.82) is 0 Å². The number of sulfonamides is 1. The summed E-state index contributed by atoms with van der Waals surface area (Å²) < 4.78 is 27.4. The van der Waals surface area contributed by atoms with Crippen molar-refractivity contribution in [3.63, 3.8) is 0 Å². The molecule has 1 fully saturated rings. The Morgan fingerprint density at radius 3 is 2.61 bits per heavy atom. The molecule has 1 unspecified atom stereocenters. The summed E-state index contributed by atoms with van der Waals surface area (Å²) in [5, 5.41) is 9.91. The Bertz CT molecular complexity index is 1040. The maximum absolute atomic E-state index is 13.2. The first-order chi connectivity index (χ1) is 14.8. The van der Waals surface area contributed by atoms with E-state index in [1.54, 1.807) is 11.3 Å². The molecule has 1 saturated heterocycles. The lowest BCUT2D eigenvalue weighted by atomic mass is 10.1. The van der Waals surface area contributed by atoms with Gasteiger partial charge in [-0.1, -0.05) is 6.07 Å². The minimum atomic E-state index is -4.01. The summed E-state index contributed by atoms with van der Waals surface area (Å²) in [6.45, 7) is 1.99. The van der Waals surface area contributed by atoms with Crippen LogP contribution in [0.15, 0.2) is 46.7 Å². The standard InChI is InChI=1S/C20H24N4O5S2/c1-14(25)23-15-4-6-17(7-5-15)31(28,29)24-11-10-22-20(27)18(24)13-19(26)21-9-8-16-3-2-12-30-16/h2-7,12,18H,8-11,13H2,1H3,(H,21,26)(H,22,27)(H,23,25). The largest absolute Gasteiger partial charge is 0.356 e. The first-order valence-corrected chi connectivity index (χ1v) is 12.1. The molecule has 31 heavy (non-hydrogen) atoms. The molecule has 11 heteroatoms. The minimum Gasteiger partial charge on any atom is -0.356 e. The van der Waals surface area contributed by atoms with E-state index in [0.717, 1.165) is 9.18 Å². The predicted octanol–water partition coefficient (Wildman–Crippen LogP) is 0.945. The van der Waals surface area contributed by atoms with E-state index in [2.05, 4.69) is 16.0 Å². The average molecular weight is 465 g/mol. The van der Waals surface area contributed by atoms with Gasteiger partial charge in [-0.15, -0.1) is 11.3 Å². The van der Waals surface area contributed by atoms with E-state index >= 15 is 0 Å². The molecule has 1 aliphatic rings. The second-order valence-corrected chi connectivity index (χ2v) is 9.93. The Labute approximate surface area is 184 Å². The highest BCUT2D eigenvalue weighted by molar-refractivity contribution is 7.89. The van der Waals surface area contributed by atoms with E-state index in [-0.39, 0.29) is 36.2 Å². The summed E-state index contributed by atoms with van der Waals surface area (Å²) in [4.78, 5) is 37.1. The molecular formula is C20H24N4O5S2. The number of amides is 3. The molecule has 1 atom stereocenters. The second-order valence-electron chi connectivity index (χ2n) is 7.01. The molecule has 0 radical (unpaired) electrons. The smallest absolute Gasteiger partial charge is 0.243 e. The van der Waals surface area contributed by atoms with Gasteiger partial charge < -0.3 is 16.0 Å². The van der Waals surface area contributed by atoms with Gasteiger partial charge in [0.25, 0.3) is 0 Å². The van der Waals surface area contributed by atoms with E-state index < -0.39 is 22.0 Å². The first-order valence-electron chi connectivity index (χ1n) is 9.73. The van der Waals surface area contributed by atoms with E-state index in [1.807, 2.05) is 17.5 Å². The number of rotatable bonds is 8. The third-order valence-electron chi connectivity index (χ3n) is 4.72. The molecule has 1 aliphatic heterocycles. The van der Waals surface area contributed by atoms with Gasteiger partial charge in [0, 0.05) is 37.1 Å². The van der Waals surface area contributed by atoms with Crippen molar-refractivity contribution in [2.45, 2.75) is 30.7 Å². The summed E-state index contributed by atoms with van der Waals surface area (Å²) in [5.41, 5.74) is 0.463. The van der Waals surface area contributed by atoms with Crippen LogP contribution in [0.5, 0.6) is 0 Å². The fourth-order valence-electron chi connectivity index (χ4n) is 3.25. The van der Waals surface area contributed by atoms with Crippen LogP contribution in [0.4, 0.5) is 5.69 Å². The Morgan fingerprint density at radius 1 is 1.23 bits per heavy atom. The maximum atomic E-state index is 13.2. The van der Waals surface area contributed by atoms with Crippen molar-refractivity contribution in [3.05, 3.63) is 46.7 Å². The summed E-state index contributed by atoms with van der Waals surface area (Å²) in [5.74, 6) is -1.16. The van der Waals surface area contributed by atoms with Crippen molar-refractivity contribution in [2.24, 2.45) is 0 Å². The number of nitrogens with one attached hydrogen (secondary N) is 3. The van der Waals surface area contributed by atoms with Crippen molar-refractivity contribution in [3.8, 4) is 0 Å². The van der Waals surface area contributed by atoms with Crippen LogP contribution in [-0.4, -0.2) is 56.1 Å². The molecule has 0 aliphatic carbocycles. The Hall–Kier alpha value is -2.76. The number of nitrogens with zero attached hydrogens (tertiary/aromatic N) is 1. The fourth-order valence-corrected chi connectivity index (χ4v) is 5.55. The van der Waals surface area contributed by atoms with Gasteiger partial charge >= 0.3 is 0 Å². The first kappa shape index (κ1) is 22.9. The molecule has 1 aromatic heterocycles. The summed E-state index contributed by atoms with van der Waals surface area (Å²) >= 11 is 1.59. The minimum absolute atomic E-state index is 0.0144. The molecule has 0 bridgehead atoms. The fraction of sp³-hybridized carbons (Fsp3) is 0.350. The van der Waals surface area contributed by atoms with Gasteiger partial charge in [0.15, 0.2) is 0 Å². The number of hydrogen-bond acceptors (Lipinski definition) is 6. The van der Waals surface area contributed by atoms with Crippen molar-refractivity contribution in [1.82, 2.24) is 14.9 Å². The van der Waals surface area contributed by atoms with Crippen molar-refractivity contribution in [2.75, 3.05) is 25.0 Å². The lowest BCUT2D eigenvalue weighted by molar-refractivity contribution is -0.131. The SMILES string of the molecule is CC(=O)Nc1ccc(S(=O)(=O)N2CCNC(=O)C2CC(=O)NCCc2cccs2)cc1. The van der Waals surface area contributed by atoms with E-state index in [1.165, 1.54) is 31.2 Å². The van der Waals surface area contributed by atoms with Gasteiger partial charge in [0.1, 0.15) is 6.04 Å². The van der Waals surface area contributed by atoms with Crippen LogP contribution >= 0.6 is 11.3 Å². The molecule has 0 saturated carbocycles. The zero-order valence-corrected chi connectivity index (χ0v) is 18.6. The van der Waals surface area contributed by atoms with Crippen LogP contribution in [-0.2, 0) is 30.8 Å². The summed E-state index contributed by atoms with van der Waals surface area (Å²) in [7, 11) is -4.01. The second kappa shape index (κ2) is 10.0. The summed E-state index contributed by atoms with van der Waals surface area (Å²) in [6, 6.07) is 8.46. The van der Waals surface area contributed by atoms with Gasteiger partial charge in [-0.05, 0) is 42.1 Å². The maximum Gasteiger partial charge on any atom is 0.243 e. The predicted molar refractivity (Wildman–Crippen MR) is 117 cm³/mol. The zero-order valence-electron chi connectivity index (χ0n) is 17.0. The highest BCUT2D eigenvalue weighted by Crippen LogP contribution is 2.23. The van der Waals surface area contributed by atoms with Gasteiger partial charge in [-0.2, -0.15) is 4.31 Å². The monoisotopic (exact) mass is 464 g/mol. The highest BCUT2D eigenvalue weighted by Gasteiger charge is 2.39. The van der Waals surface area contributed by atoms with E-state index in [4.69, 9.17) is 0 Å².